The molecule has 2 atom stereocenters. The topological polar surface area (TPSA) is 83.5 Å². The summed E-state index contributed by atoms with van der Waals surface area (Å²) in [6.45, 7) is 1.37. The summed E-state index contributed by atoms with van der Waals surface area (Å²) in [5.74, 6) is -0.498. The van der Waals surface area contributed by atoms with Crippen molar-refractivity contribution in [1.82, 2.24) is 0 Å². The van der Waals surface area contributed by atoms with Gasteiger partial charge in [0.25, 0.3) is 0 Å². The first-order valence-electron chi connectivity index (χ1n) is 4.96. The predicted octanol–water partition coefficient (Wildman–Crippen LogP) is 1.08. The molecule has 1 aromatic rings. The van der Waals surface area contributed by atoms with Crippen molar-refractivity contribution in [2.24, 2.45) is 0 Å². The van der Waals surface area contributed by atoms with E-state index in [0.717, 1.165) is 17.8 Å². The van der Waals surface area contributed by atoms with Gasteiger partial charge in [-0.1, -0.05) is 17.8 Å². The van der Waals surface area contributed by atoms with Crippen LogP contribution in [0.5, 0.6) is 0 Å². The number of nitrogens with two attached hydrogens (primary N) is 1. The van der Waals surface area contributed by atoms with E-state index in [9.17, 15) is 19.4 Å². The number of hydrogen-bond donors (Lipinski definition) is 3. The molecule has 1 rings (SSSR count). The smallest absolute Gasteiger partial charge is 0.185 e. The van der Waals surface area contributed by atoms with Gasteiger partial charge < -0.3 is 15.9 Å². The molecule has 94 valence electrons. The third-order valence-electron chi connectivity index (χ3n) is 2.18. The van der Waals surface area contributed by atoms with Crippen LogP contribution in [-0.4, -0.2) is 27.2 Å². The van der Waals surface area contributed by atoms with Gasteiger partial charge in [0.05, 0.1) is 11.8 Å². The van der Waals surface area contributed by atoms with Gasteiger partial charge in [-0.15, -0.1) is 0 Å². The second-order valence-electron chi connectivity index (χ2n) is 3.60. The van der Waals surface area contributed by atoms with Crippen molar-refractivity contribution >= 4 is 22.6 Å². The summed E-state index contributed by atoms with van der Waals surface area (Å²) in [5, 5.41) is 19.2. The third kappa shape index (κ3) is 3.99. The molecule has 1 aromatic carbocycles. The fourth-order valence-corrected chi connectivity index (χ4v) is 1.85. The highest BCUT2D eigenvalue weighted by Gasteiger charge is 2.19. The molecule has 2 unspecified atom stereocenters. The Hall–Kier alpha value is -1.11. The van der Waals surface area contributed by atoms with Gasteiger partial charge in [-0.3, -0.25) is 4.79 Å². The van der Waals surface area contributed by atoms with Crippen LogP contribution in [0.2, 0.25) is 0 Å². The summed E-state index contributed by atoms with van der Waals surface area (Å²) in [6, 6.07) is 3.73. The minimum absolute atomic E-state index is 0.0772. The average Bonchev–Trinajstić information content (AvgIpc) is 2.28. The van der Waals surface area contributed by atoms with Gasteiger partial charge in [-0.25, -0.2) is 4.39 Å². The average molecular weight is 259 g/mol. The van der Waals surface area contributed by atoms with Crippen molar-refractivity contribution < 1.29 is 19.4 Å². The van der Waals surface area contributed by atoms with Gasteiger partial charge in [0.1, 0.15) is 11.9 Å². The maximum Gasteiger partial charge on any atom is 0.185 e. The third-order valence-corrected chi connectivity index (χ3v) is 3.10. The number of rotatable bonds is 4. The van der Waals surface area contributed by atoms with Crippen LogP contribution in [-0.2, 0) is 4.79 Å². The molecule has 0 radical (unpaired) electrons. The Labute approximate surface area is 103 Å². The first kappa shape index (κ1) is 14.0. The van der Waals surface area contributed by atoms with E-state index in [1.54, 1.807) is 0 Å². The Morgan fingerprint density at radius 1 is 1.53 bits per heavy atom. The van der Waals surface area contributed by atoms with Gasteiger partial charge in [0.2, 0.25) is 0 Å². The van der Waals surface area contributed by atoms with Gasteiger partial charge in [-0.05, 0) is 17.7 Å². The van der Waals surface area contributed by atoms with Gasteiger partial charge in [0.15, 0.2) is 5.12 Å². The van der Waals surface area contributed by atoms with Crippen LogP contribution < -0.4 is 5.73 Å². The Bertz CT molecular complexity index is 414. The number of halogens is 1. The molecule has 0 saturated carbocycles. The molecule has 4 nitrogen and oxygen atoms in total. The molecule has 0 amide bonds. The summed E-state index contributed by atoms with van der Waals surface area (Å²) < 4.78 is 12.9. The zero-order valence-electron chi connectivity index (χ0n) is 9.26. The van der Waals surface area contributed by atoms with Crippen LogP contribution in [0, 0.1) is 5.82 Å². The van der Waals surface area contributed by atoms with Crippen LogP contribution in [0.3, 0.4) is 0 Å². The monoisotopic (exact) mass is 259 g/mol. The molecule has 0 bridgehead atoms. The molecule has 0 heterocycles. The number of carbonyl (C=O) groups is 1. The standard InChI is InChI=1S/C11H14FNO3S/c1-6(14)17-5-10(15)11(16)7-2-3-8(12)9(13)4-7/h2-4,10-11,15-16H,5,13H2,1H3. The number of aliphatic hydroxyl groups is 2. The molecule has 0 saturated heterocycles. The zero-order valence-corrected chi connectivity index (χ0v) is 10.1. The Morgan fingerprint density at radius 3 is 2.71 bits per heavy atom. The summed E-state index contributed by atoms with van der Waals surface area (Å²) in [7, 11) is 0. The highest BCUT2D eigenvalue weighted by Crippen LogP contribution is 2.23. The molecule has 0 aliphatic rings. The highest BCUT2D eigenvalue weighted by molar-refractivity contribution is 8.13. The molecule has 17 heavy (non-hydrogen) atoms. The van der Waals surface area contributed by atoms with Gasteiger partial charge in [0, 0.05) is 12.7 Å². The first-order valence-corrected chi connectivity index (χ1v) is 5.94. The largest absolute Gasteiger partial charge is 0.396 e. The fourth-order valence-electron chi connectivity index (χ4n) is 1.26. The van der Waals surface area contributed by atoms with Crippen LogP contribution >= 0.6 is 11.8 Å². The molecular formula is C11H14FNO3S. The number of aliphatic hydroxyl groups excluding tert-OH is 2. The van der Waals surface area contributed by atoms with E-state index >= 15 is 0 Å². The maximum absolute atomic E-state index is 12.9. The van der Waals surface area contributed by atoms with E-state index in [-0.39, 0.29) is 16.6 Å². The zero-order chi connectivity index (χ0) is 13.0. The second-order valence-corrected chi connectivity index (χ2v) is 4.79. The molecule has 0 aliphatic heterocycles. The lowest BCUT2D eigenvalue weighted by Crippen LogP contribution is -2.21. The number of hydrogen-bond acceptors (Lipinski definition) is 5. The summed E-state index contributed by atoms with van der Waals surface area (Å²) >= 11 is 0.915. The number of carbonyl (C=O) groups excluding carboxylic acids is 1. The molecule has 4 N–H and O–H groups in total. The van der Waals surface area contributed by atoms with Crippen LogP contribution in [0.25, 0.3) is 0 Å². The number of thioether (sulfide) groups is 1. The number of benzene rings is 1. The minimum atomic E-state index is -1.19. The summed E-state index contributed by atoms with van der Waals surface area (Å²) in [4.78, 5) is 10.7. The molecular weight excluding hydrogens is 245 g/mol. The van der Waals surface area contributed by atoms with Crippen molar-refractivity contribution in [2.45, 2.75) is 19.1 Å². The normalized spacial score (nSPS) is 14.4. The highest BCUT2D eigenvalue weighted by atomic mass is 32.2. The first-order chi connectivity index (χ1) is 7.91. The minimum Gasteiger partial charge on any atom is -0.396 e. The van der Waals surface area contributed by atoms with Gasteiger partial charge >= 0.3 is 0 Å². The molecule has 0 aliphatic carbocycles. The van der Waals surface area contributed by atoms with Crippen molar-refractivity contribution in [3.8, 4) is 0 Å². The van der Waals surface area contributed by atoms with Crippen molar-refractivity contribution in [2.75, 3.05) is 11.5 Å². The van der Waals surface area contributed by atoms with E-state index < -0.39 is 18.0 Å². The van der Waals surface area contributed by atoms with Crippen molar-refractivity contribution in [3.63, 3.8) is 0 Å². The molecule has 0 aromatic heterocycles. The van der Waals surface area contributed by atoms with E-state index in [2.05, 4.69) is 0 Å². The summed E-state index contributed by atoms with van der Waals surface area (Å²) in [6.07, 6.45) is -2.29. The van der Waals surface area contributed by atoms with Crippen LogP contribution in [0.4, 0.5) is 10.1 Å². The van der Waals surface area contributed by atoms with Gasteiger partial charge in [-0.2, -0.15) is 0 Å². The van der Waals surface area contributed by atoms with E-state index in [0.29, 0.717) is 5.56 Å². The fraction of sp³-hybridized carbons (Fsp3) is 0.364. The van der Waals surface area contributed by atoms with E-state index in [1.807, 2.05) is 0 Å². The Balaban J connectivity index is 2.70. The lowest BCUT2D eigenvalue weighted by molar-refractivity contribution is -0.109. The Kier molecular flexibility index (Phi) is 4.92. The van der Waals surface area contributed by atoms with E-state index in [1.165, 1.54) is 19.1 Å². The predicted molar refractivity (Wildman–Crippen MR) is 64.9 cm³/mol. The van der Waals surface area contributed by atoms with Crippen LogP contribution in [0.1, 0.15) is 18.6 Å². The molecule has 6 heteroatoms. The lowest BCUT2D eigenvalue weighted by Gasteiger charge is -2.17. The van der Waals surface area contributed by atoms with Crippen molar-refractivity contribution in [1.29, 1.82) is 0 Å². The molecule has 0 spiro atoms. The number of anilines is 1. The summed E-state index contributed by atoms with van der Waals surface area (Å²) in [5.41, 5.74) is 5.58. The van der Waals surface area contributed by atoms with Crippen molar-refractivity contribution in [3.05, 3.63) is 29.6 Å². The lowest BCUT2D eigenvalue weighted by atomic mass is 10.0. The maximum atomic E-state index is 12.9. The second kappa shape index (κ2) is 6.00. The SMILES string of the molecule is CC(=O)SCC(O)C(O)c1ccc(F)c(N)c1. The van der Waals surface area contributed by atoms with Crippen LogP contribution in [0.15, 0.2) is 18.2 Å². The molecule has 0 fully saturated rings. The Morgan fingerprint density at radius 2 is 2.18 bits per heavy atom. The number of nitrogen functional groups attached to an aromatic ring is 1. The van der Waals surface area contributed by atoms with E-state index in [4.69, 9.17) is 5.73 Å². The quantitative estimate of drug-likeness (QED) is 0.705.